The van der Waals surface area contributed by atoms with Gasteiger partial charge in [0, 0.05) is 13.1 Å². The number of rotatable bonds is 5. The second-order valence-corrected chi connectivity index (χ2v) is 8.03. The van der Waals surface area contributed by atoms with Crippen molar-refractivity contribution in [2.45, 2.75) is 57.9 Å². The van der Waals surface area contributed by atoms with E-state index in [2.05, 4.69) is 9.88 Å². The number of aromatic nitrogens is 1. The third-order valence-corrected chi connectivity index (χ3v) is 5.80. The van der Waals surface area contributed by atoms with E-state index in [4.69, 9.17) is 4.52 Å². The van der Waals surface area contributed by atoms with Crippen LogP contribution >= 0.6 is 0 Å². The van der Waals surface area contributed by atoms with Gasteiger partial charge in [-0.25, -0.2) is 8.42 Å². The number of nitrogens with one attached hydrogen (secondary N) is 1. The lowest BCUT2D eigenvalue weighted by molar-refractivity contribution is -0.134. The van der Waals surface area contributed by atoms with Crippen LogP contribution in [0.3, 0.4) is 0 Å². The van der Waals surface area contributed by atoms with Crippen LogP contribution in [0.15, 0.2) is 9.42 Å². The van der Waals surface area contributed by atoms with Gasteiger partial charge in [-0.3, -0.25) is 4.79 Å². The number of sulfonamides is 1. The number of amides is 1. The Morgan fingerprint density at radius 1 is 1.22 bits per heavy atom. The largest absolute Gasteiger partial charge is 0.360 e. The van der Waals surface area contributed by atoms with Crippen LogP contribution < -0.4 is 4.72 Å². The van der Waals surface area contributed by atoms with Crippen LogP contribution in [-0.4, -0.2) is 43.5 Å². The van der Waals surface area contributed by atoms with Gasteiger partial charge in [0.05, 0.1) is 0 Å². The van der Waals surface area contributed by atoms with Crippen LogP contribution in [0, 0.1) is 19.8 Å². The Kier molecular flexibility index (Phi) is 5.46. The Hall–Kier alpha value is -1.41. The Balaban J connectivity index is 2.23. The van der Waals surface area contributed by atoms with Gasteiger partial charge in [-0.2, -0.15) is 4.72 Å². The molecule has 1 saturated heterocycles. The first kappa shape index (κ1) is 17.9. The molecule has 23 heavy (non-hydrogen) atoms. The summed E-state index contributed by atoms with van der Waals surface area (Å²) in [5, 5.41) is 3.68. The lowest BCUT2D eigenvalue weighted by Gasteiger charge is -2.32. The summed E-state index contributed by atoms with van der Waals surface area (Å²) in [5.74, 6) is -0.0855. The second-order valence-electron chi connectivity index (χ2n) is 6.38. The maximum absolute atomic E-state index is 12.7. The van der Waals surface area contributed by atoms with Crippen molar-refractivity contribution in [1.29, 1.82) is 0 Å². The second kappa shape index (κ2) is 7.00. The summed E-state index contributed by atoms with van der Waals surface area (Å²) in [4.78, 5) is 14.5. The van der Waals surface area contributed by atoms with Gasteiger partial charge in [0.1, 0.15) is 16.6 Å². The quantitative estimate of drug-likeness (QED) is 0.877. The number of hydrogen-bond donors (Lipinski definition) is 1. The van der Waals surface area contributed by atoms with Gasteiger partial charge in [-0.05, 0) is 39.0 Å². The van der Waals surface area contributed by atoms with Crippen LogP contribution in [0.1, 0.15) is 44.6 Å². The maximum Gasteiger partial charge on any atom is 0.246 e. The fourth-order valence-electron chi connectivity index (χ4n) is 2.87. The van der Waals surface area contributed by atoms with Gasteiger partial charge in [0.15, 0.2) is 5.76 Å². The van der Waals surface area contributed by atoms with E-state index in [1.165, 1.54) is 0 Å². The first-order valence-corrected chi connectivity index (χ1v) is 9.46. The molecular formula is C15H25N3O4S. The predicted octanol–water partition coefficient (Wildman–Crippen LogP) is 1.61. The van der Waals surface area contributed by atoms with E-state index in [1.807, 2.05) is 13.8 Å². The topological polar surface area (TPSA) is 92.5 Å². The first-order valence-electron chi connectivity index (χ1n) is 7.98. The Morgan fingerprint density at radius 3 is 2.30 bits per heavy atom. The fraction of sp³-hybridized carbons (Fsp3) is 0.733. The average molecular weight is 343 g/mol. The molecule has 130 valence electrons. The highest BCUT2D eigenvalue weighted by Gasteiger charge is 2.34. The normalized spacial score (nSPS) is 17.5. The fourth-order valence-corrected chi connectivity index (χ4v) is 4.53. The standard InChI is InChI=1S/C15H25N3O4S/c1-10(2)13(15(19)18-8-6-5-7-9-18)17-23(20,21)14-11(3)16-22-12(14)4/h10,13,17H,5-9H2,1-4H3/t13-/m1/s1. The molecule has 1 aromatic heterocycles. The minimum atomic E-state index is -3.86. The van der Waals surface area contributed by atoms with Crippen LogP contribution in [0.25, 0.3) is 0 Å². The zero-order valence-electron chi connectivity index (χ0n) is 14.1. The molecule has 1 aliphatic rings. The summed E-state index contributed by atoms with van der Waals surface area (Å²) >= 11 is 0. The zero-order chi connectivity index (χ0) is 17.2. The molecular weight excluding hydrogens is 318 g/mol. The molecule has 1 aromatic rings. The zero-order valence-corrected chi connectivity index (χ0v) is 14.9. The van der Waals surface area contributed by atoms with E-state index in [-0.39, 0.29) is 22.5 Å². The lowest BCUT2D eigenvalue weighted by Crippen LogP contribution is -2.52. The van der Waals surface area contributed by atoms with Crippen molar-refractivity contribution >= 4 is 15.9 Å². The Bertz CT molecular complexity index is 641. The smallest absolute Gasteiger partial charge is 0.246 e. The third-order valence-electron chi connectivity index (χ3n) is 4.12. The molecule has 0 aromatic carbocycles. The monoisotopic (exact) mass is 343 g/mol. The Morgan fingerprint density at radius 2 is 1.83 bits per heavy atom. The van der Waals surface area contributed by atoms with Gasteiger partial charge in [0.25, 0.3) is 0 Å². The van der Waals surface area contributed by atoms with E-state index in [0.717, 1.165) is 19.3 Å². The summed E-state index contributed by atoms with van der Waals surface area (Å²) in [7, 11) is -3.86. The first-order chi connectivity index (χ1) is 10.7. The number of likely N-dealkylation sites (tertiary alicyclic amines) is 1. The number of carbonyl (C=O) groups excluding carboxylic acids is 1. The molecule has 1 fully saturated rings. The molecule has 0 unspecified atom stereocenters. The molecule has 1 amide bonds. The van der Waals surface area contributed by atoms with E-state index in [1.54, 1.807) is 18.7 Å². The van der Waals surface area contributed by atoms with Gasteiger partial charge >= 0.3 is 0 Å². The van der Waals surface area contributed by atoms with Gasteiger partial charge in [0.2, 0.25) is 15.9 Å². The number of carbonyl (C=O) groups is 1. The van der Waals surface area contributed by atoms with Crippen molar-refractivity contribution in [1.82, 2.24) is 14.8 Å². The summed E-state index contributed by atoms with van der Waals surface area (Å²) in [6, 6.07) is -0.785. The highest BCUT2D eigenvalue weighted by Crippen LogP contribution is 2.21. The van der Waals surface area contributed by atoms with E-state index in [0.29, 0.717) is 18.8 Å². The maximum atomic E-state index is 12.7. The SMILES string of the molecule is Cc1noc(C)c1S(=O)(=O)N[C@@H](C(=O)N1CCCCC1)C(C)C. The minimum absolute atomic E-state index is 0.0228. The Labute approximate surface area is 137 Å². The molecule has 2 heterocycles. The molecule has 7 nitrogen and oxygen atoms in total. The molecule has 0 bridgehead atoms. The van der Waals surface area contributed by atoms with Crippen molar-refractivity contribution in [3.63, 3.8) is 0 Å². The third kappa shape index (κ3) is 3.92. The molecule has 2 rings (SSSR count). The average Bonchev–Trinajstić information content (AvgIpc) is 2.84. The van der Waals surface area contributed by atoms with E-state index >= 15 is 0 Å². The number of hydrogen-bond acceptors (Lipinski definition) is 5. The molecule has 1 aliphatic heterocycles. The molecule has 1 N–H and O–H groups in total. The van der Waals surface area contributed by atoms with Crippen molar-refractivity contribution in [3.05, 3.63) is 11.5 Å². The summed E-state index contributed by atoms with van der Waals surface area (Å²) in [6.45, 7) is 8.17. The molecule has 0 radical (unpaired) electrons. The lowest BCUT2D eigenvalue weighted by atomic mass is 10.0. The van der Waals surface area contributed by atoms with E-state index < -0.39 is 16.1 Å². The van der Waals surface area contributed by atoms with Gasteiger partial charge < -0.3 is 9.42 Å². The highest BCUT2D eigenvalue weighted by molar-refractivity contribution is 7.89. The summed E-state index contributed by atoms with van der Waals surface area (Å²) < 4.78 is 32.8. The number of piperidine rings is 1. The minimum Gasteiger partial charge on any atom is -0.360 e. The van der Waals surface area contributed by atoms with Crippen LogP contribution in [-0.2, 0) is 14.8 Å². The van der Waals surface area contributed by atoms with Gasteiger partial charge in [-0.15, -0.1) is 0 Å². The molecule has 0 aliphatic carbocycles. The number of aryl methyl sites for hydroxylation is 2. The number of nitrogens with zero attached hydrogens (tertiary/aromatic N) is 2. The van der Waals surface area contributed by atoms with Crippen molar-refractivity contribution < 1.29 is 17.7 Å². The molecule has 8 heteroatoms. The van der Waals surface area contributed by atoms with Crippen molar-refractivity contribution in [2.75, 3.05) is 13.1 Å². The van der Waals surface area contributed by atoms with Crippen molar-refractivity contribution in [3.8, 4) is 0 Å². The van der Waals surface area contributed by atoms with Crippen LogP contribution in [0.2, 0.25) is 0 Å². The highest BCUT2D eigenvalue weighted by atomic mass is 32.2. The molecule has 0 saturated carbocycles. The molecule has 0 spiro atoms. The van der Waals surface area contributed by atoms with Crippen LogP contribution in [0.5, 0.6) is 0 Å². The van der Waals surface area contributed by atoms with Gasteiger partial charge in [-0.1, -0.05) is 19.0 Å². The summed E-state index contributed by atoms with van der Waals surface area (Å²) in [5.41, 5.74) is 0.294. The van der Waals surface area contributed by atoms with Crippen LogP contribution in [0.4, 0.5) is 0 Å². The predicted molar refractivity (Wildman–Crippen MR) is 85.4 cm³/mol. The summed E-state index contributed by atoms with van der Waals surface area (Å²) in [6.07, 6.45) is 3.04. The van der Waals surface area contributed by atoms with Crippen molar-refractivity contribution in [2.24, 2.45) is 5.92 Å². The molecule has 1 atom stereocenters. The van der Waals surface area contributed by atoms with E-state index in [9.17, 15) is 13.2 Å².